The van der Waals surface area contributed by atoms with Gasteiger partial charge in [0.2, 0.25) is 0 Å². The van der Waals surface area contributed by atoms with Crippen molar-refractivity contribution in [3.8, 4) is 11.5 Å². The van der Waals surface area contributed by atoms with Crippen LogP contribution >= 0.6 is 11.6 Å². The van der Waals surface area contributed by atoms with Crippen LogP contribution in [0.25, 0.3) is 0 Å². The highest BCUT2D eigenvalue weighted by Crippen LogP contribution is 2.28. The minimum Gasteiger partial charge on any atom is -0.457 e. The highest BCUT2D eigenvalue weighted by molar-refractivity contribution is 6.30. The molecule has 2 aromatic rings. The topological polar surface area (TPSA) is 26.3 Å². The first-order chi connectivity index (χ1) is 8.56. The van der Waals surface area contributed by atoms with Crippen molar-refractivity contribution in [1.29, 1.82) is 0 Å². The number of hydrogen-bond acceptors (Lipinski definition) is 2. The fourth-order valence-electron chi connectivity index (χ4n) is 1.59. The quantitative estimate of drug-likeness (QED) is 0.752. The predicted molar refractivity (Wildman–Crippen MR) is 72.7 cm³/mol. The molecule has 0 fully saturated rings. The van der Waals surface area contributed by atoms with Gasteiger partial charge in [0.15, 0.2) is 5.78 Å². The van der Waals surface area contributed by atoms with Crippen molar-refractivity contribution in [2.24, 2.45) is 0 Å². The Bertz CT molecular complexity index is 591. The number of benzene rings is 2. The van der Waals surface area contributed by atoms with Gasteiger partial charge in [-0.15, -0.1) is 0 Å². The molecule has 0 N–H and O–H groups in total. The summed E-state index contributed by atoms with van der Waals surface area (Å²) in [7, 11) is 0. The van der Waals surface area contributed by atoms with Gasteiger partial charge in [-0.25, -0.2) is 0 Å². The van der Waals surface area contributed by atoms with Gasteiger partial charge < -0.3 is 4.74 Å². The molecule has 2 nitrogen and oxygen atoms in total. The van der Waals surface area contributed by atoms with Crippen LogP contribution in [0.4, 0.5) is 0 Å². The SMILES string of the molecule is CC(=O)c1cccc(Oc2cc(Cl)ccc2C)c1. The van der Waals surface area contributed by atoms with Crippen LogP contribution in [0.5, 0.6) is 11.5 Å². The fourth-order valence-corrected chi connectivity index (χ4v) is 1.75. The standard InChI is InChI=1S/C15H13ClO2/c1-10-6-7-13(16)9-15(10)18-14-5-3-4-12(8-14)11(2)17/h3-9H,1-2H3. The Kier molecular flexibility index (Phi) is 3.68. The summed E-state index contributed by atoms with van der Waals surface area (Å²) in [6.45, 7) is 3.48. The number of hydrogen-bond donors (Lipinski definition) is 0. The molecular weight excluding hydrogens is 248 g/mol. The van der Waals surface area contributed by atoms with Gasteiger partial charge in [0.05, 0.1) is 0 Å². The van der Waals surface area contributed by atoms with E-state index < -0.39 is 0 Å². The normalized spacial score (nSPS) is 10.2. The molecule has 0 atom stereocenters. The van der Waals surface area contributed by atoms with Crippen LogP contribution in [0.1, 0.15) is 22.8 Å². The second kappa shape index (κ2) is 5.23. The second-order valence-corrected chi connectivity index (χ2v) is 4.53. The van der Waals surface area contributed by atoms with E-state index in [0.29, 0.717) is 22.1 Å². The molecule has 2 rings (SSSR count). The fraction of sp³-hybridized carbons (Fsp3) is 0.133. The molecule has 2 aromatic carbocycles. The zero-order valence-electron chi connectivity index (χ0n) is 10.2. The number of ether oxygens (including phenoxy) is 1. The molecule has 0 amide bonds. The molecule has 0 bridgehead atoms. The minimum atomic E-state index is 0.0169. The Morgan fingerprint density at radius 1 is 1.17 bits per heavy atom. The van der Waals surface area contributed by atoms with E-state index in [-0.39, 0.29) is 5.78 Å². The highest BCUT2D eigenvalue weighted by Gasteiger charge is 2.05. The van der Waals surface area contributed by atoms with Crippen LogP contribution in [0.15, 0.2) is 42.5 Å². The highest BCUT2D eigenvalue weighted by atomic mass is 35.5. The first kappa shape index (κ1) is 12.7. The van der Waals surface area contributed by atoms with E-state index in [4.69, 9.17) is 16.3 Å². The van der Waals surface area contributed by atoms with Crippen molar-refractivity contribution >= 4 is 17.4 Å². The van der Waals surface area contributed by atoms with Gasteiger partial charge in [0.25, 0.3) is 0 Å². The summed E-state index contributed by atoms with van der Waals surface area (Å²) in [5.41, 5.74) is 1.62. The van der Waals surface area contributed by atoms with Crippen LogP contribution < -0.4 is 4.74 Å². The van der Waals surface area contributed by atoms with Gasteiger partial charge in [-0.2, -0.15) is 0 Å². The maximum atomic E-state index is 11.3. The van der Waals surface area contributed by atoms with Crippen molar-refractivity contribution < 1.29 is 9.53 Å². The van der Waals surface area contributed by atoms with Gasteiger partial charge in [0, 0.05) is 10.6 Å². The summed E-state index contributed by atoms with van der Waals surface area (Å²) < 4.78 is 5.74. The molecule has 0 heterocycles. The number of ketones is 1. The number of carbonyl (C=O) groups is 1. The van der Waals surface area contributed by atoms with Gasteiger partial charge in [0.1, 0.15) is 11.5 Å². The molecule has 3 heteroatoms. The minimum absolute atomic E-state index is 0.0169. The van der Waals surface area contributed by atoms with Crippen LogP contribution in [0, 0.1) is 6.92 Å². The Labute approximate surface area is 111 Å². The lowest BCUT2D eigenvalue weighted by Crippen LogP contribution is -1.93. The Balaban J connectivity index is 2.31. The molecule has 0 aliphatic rings. The summed E-state index contributed by atoms with van der Waals surface area (Å²) in [5.74, 6) is 1.35. The number of halogens is 1. The molecule has 0 saturated carbocycles. The van der Waals surface area contributed by atoms with Crippen molar-refractivity contribution in [3.63, 3.8) is 0 Å². The first-order valence-electron chi connectivity index (χ1n) is 5.61. The lowest BCUT2D eigenvalue weighted by atomic mass is 10.1. The van der Waals surface area contributed by atoms with E-state index in [1.807, 2.05) is 25.1 Å². The molecule has 0 saturated heterocycles. The first-order valence-corrected chi connectivity index (χ1v) is 5.99. The predicted octanol–water partition coefficient (Wildman–Crippen LogP) is 4.64. The molecular formula is C15H13ClO2. The van der Waals surface area contributed by atoms with Crippen LogP contribution in [-0.2, 0) is 0 Å². The van der Waals surface area contributed by atoms with Crippen LogP contribution in [0.3, 0.4) is 0 Å². The van der Waals surface area contributed by atoms with E-state index in [0.717, 1.165) is 5.56 Å². The van der Waals surface area contributed by atoms with E-state index in [9.17, 15) is 4.79 Å². The largest absolute Gasteiger partial charge is 0.457 e. The molecule has 0 spiro atoms. The molecule has 0 aliphatic heterocycles. The lowest BCUT2D eigenvalue weighted by Gasteiger charge is -2.09. The van der Waals surface area contributed by atoms with Gasteiger partial charge in [-0.3, -0.25) is 4.79 Å². The van der Waals surface area contributed by atoms with Crippen molar-refractivity contribution in [3.05, 3.63) is 58.6 Å². The summed E-state index contributed by atoms with van der Waals surface area (Å²) in [6, 6.07) is 12.6. The van der Waals surface area contributed by atoms with Crippen LogP contribution in [0.2, 0.25) is 5.02 Å². The molecule has 92 valence electrons. The van der Waals surface area contributed by atoms with Crippen molar-refractivity contribution in [2.45, 2.75) is 13.8 Å². The third-order valence-corrected chi connectivity index (χ3v) is 2.85. The monoisotopic (exact) mass is 260 g/mol. The third kappa shape index (κ3) is 2.90. The molecule has 18 heavy (non-hydrogen) atoms. The maximum absolute atomic E-state index is 11.3. The van der Waals surface area contributed by atoms with Crippen LogP contribution in [-0.4, -0.2) is 5.78 Å². The Hall–Kier alpha value is -1.80. The number of carbonyl (C=O) groups excluding carboxylic acids is 1. The summed E-state index contributed by atoms with van der Waals surface area (Å²) >= 11 is 5.93. The third-order valence-electron chi connectivity index (χ3n) is 2.62. The Morgan fingerprint density at radius 2 is 1.94 bits per heavy atom. The smallest absolute Gasteiger partial charge is 0.159 e. The average Bonchev–Trinajstić information content (AvgIpc) is 2.34. The van der Waals surface area contributed by atoms with Crippen molar-refractivity contribution in [1.82, 2.24) is 0 Å². The van der Waals surface area contributed by atoms with Gasteiger partial charge in [-0.1, -0.05) is 29.8 Å². The molecule has 0 unspecified atom stereocenters. The number of aryl methyl sites for hydroxylation is 1. The zero-order valence-corrected chi connectivity index (χ0v) is 11.0. The van der Waals surface area contributed by atoms with Gasteiger partial charge >= 0.3 is 0 Å². The summed E-state index contributed by atoms with van der Waals surface area (Å²) in [6.07, 6.45) is 0. The second-order valence-electron chi connectivity index (χ2n) is 4.10. The molecule has 0 aromatic heterocycles. The molecule has 0 radical (unpaired) electrons. The van der Waals surface area contributed by atoms with E-state index in [1.165, 1.54) is 6.92 Å². The van der Waals surface area contributed by atoms with Gasteiger partial charge in [-0.05, 0) is 43.7 Å². The zero-order chi connectivity index (χ0) is 13.1. The lowest BCUT2D eigenvalue weighted by molar-refractivity contribution is 0.101. The number of rotatable bonds is 3. The summed E-state index contributed by atoms with van der Waals surface area (Å²) in [4.78, 5) is 11.3. The molecule has 0 aliphatic carbocycles. The summed E-state index contributed by atoms with van der Waals surface area (Å²) in [5, 5.41) is 0.623. The Morgan fingerprint density at radius 3 is 2.67 bits per heavy atom. The van der Waals surface area contributed by atoms with Crippen molar-refractivity contribution in [2.75, 3.05) is 0 Å². The van der Waals surface area contributed by atoms with E-state index in [1.54, 1.807) is 24.3 Å². The number of Topliss-reactive ketones (excluding diaryl/α,β-unsaturated/α-hetero) is 1. The van der Waals surface area contributed by atoms with E-state index >= 15 is 0 Å². The average molecular weight is 261 g/mol. The maximum Gasteiger partial charge on any atom is 0.159 e. The van der Waals surface area contributed by atoms with E-state index in [2.05, 4.69) is 0 Å².